The molecule has 0 unspecified atom stereocenters. The second-order valence-electron chi connectivity index (χ2n) is 6.19. The lowest BCUT2D eigenvalue weighted by molar-refractivity contribution is -0.142. The summed E-state index contributed by atoms with van der Waals surface area (Å²) in [6.07, 6.45) is -4.52. The van der Waals surface area contributed by atoms with E-state index in [0.29, 0.717) is 24.2 Å². The summed E-state index contributed by atoms with van der Waals surface area (Å²) in [5, 5.41) is 8.64. The van der Waals surface area contributed by atoms with Gasteiger partial charge in [0.05, 0.1) is 16.5 Å². The van der Waals surface area contributed by atoms with E-state index < -0.39 is 23.6 Å². The maximum Gasteiger partial charge on any atom is 0.417 e. The first-order chi connectivity index (χ1) is 11.6. The Morgan fingerprint density at radius 3 is 2.44 bits per heavy atom. The van der Waals surface area contributed by atoms with E-state index >= 15 is 0 Å². The van der Waals surface area contributed by atoms with Crippen molar-refractivity contribution in [3.63, 3.8) is 0 Å². The Kier molecular flexibility index (Phi) is 4.41. The lowest BCUT2D eigenvalue weighted by Gasteiger charge is -2.39. The summed E-state index contributed by atoms with van der Waals surface area (Å²) >= 11 is 5.67. The van der Waals surface area contributed by atoms with Gasteiger partial charge in [-0.3, -0.25) is 4.79 Å². The number of hydrogen-bond acceptors (Lipinski definition) is 2. The second kappa shape index (κ2) is 6.26. The van der Waals surface area contributed by atoms with Crippen LogP contribution in [0.3, 0.4) is 0 Å². The van der Waals surface area contributed by atoms with Crippen molar-refractivity contribution < 1.29 is 23.1 Å². The molecule has 132 valence electrons. The largest absolute Gasteiger partial charge is 0.481 e. The molecule has 1 aliphatic rings. The van der Waals surface area contributed by atoms with E-state index in [2.05, 4.69) is 0 Å². The van der Waals surface area contributed by atoms with E-state index in [-0.39, 0.29) is 5.02 Å². The Labute approximate surface area is 147 Å². The fourth-order valence-electron chi connectivity index (χ4n) is 2.88. The number of benzene rings is 2. The highest BCUT2D eigenvalue weighted by atomic mass is 35.5. The number of hydrogen-bond donors (Lipinski definition) is 1. The van der Waals surface area contributed by atoms with Gasteiger partial charge in [0.2, 0.25) is 0 Å². The number of alkyl halides is 3. The van der Waals surface area contributed by atoms with E-state index in [1.165, 1.54) is 6.07 Å². The first kappa shape index (κ1) is 17.6. The molecule has 0 saturated carbocycles. The molecule has 3 rings (SSSR count). The quantitative estimate of drug-likeness (QED) is 0.840. The van der Waals surface area contributed by atoms with Crippen LogP contribution in [0.2, 0.25) is 5.02 Å². The number of nitrogens with zero attached hydrogens (tertiary/aromatic N) is 1. The monoisotopic (exact) mass is 369 g/mol. The summed E-state index contributed by atoms with van der Waals surface area (Å²) in [4.78, 5) is 12.8. The number of rotatable bonds is 3. The topological polar surface area (TPSA) is 40.5 Å². The van der Waals surface area contributed by atoms with Crippen LogP contribution in [0.15, 0.2) is 36.4 Å². The molecule has 1 fully saturated rings. The molecule has 0 radical (unpaired) electrons. The van der Waals surface area contributed by atoms with E-state index in [4.69, 9.17) is 16.7 Å². The van der Waals surface area contributed by atoms with Crippen LogP contribution in [0.4, 0.5) is 18.9 Å². The molecule has 1 heterocycles. The van der Waals surface area contributed by atoms with Crippen LogP contribution in [0.5, 0.6) is 0 Å². The van der Waals surface area contributed by atoms with Gasteiger partial charge in [-0.15, -0.1) is 0 Å². The van der Waals surface area contributed by atoms with Crippen molar-refractivity contribution >= 4 is 23.3 Å². The minimum absolute atomic E-state index is 0.337. The Morgan fingerprint density at radius 1 is 1.16 bits per heavy atom. The van der Waals surface area contributed by atoms with E-state index in [1.54, 1.807) is 18.2 Å². The van der Waals surface area contributed by atoms with Gasteiger partial charge in [0.1, 0.15) is 0 Å². The highest BCUT2D eigenvalue weighted by Gasteiger charge is 2.34. The number of carbonyl (C=O) groups is 1. The number of carboxylic acids is 1. The summed E-state index contributed by atoms with van der Waals surface area (Å²) in [6.45, 7) is 2.64. The summed E-state index contributed by atoms with van der Waals surface area (Å²) in [7, 11) is 0. The molecule has 2 aromatic rings. The van der Waals surface area contributed by atoms with Crippen molar-refractivity contribution in [2.45, 2.75) is 13.1 Å². The molecule has 1 N–H and O–H groups in total. The molecule has 0 spiro atoms. The zero-order chi connectivity index (χ0) is 18.4. The van der Waals surface area contributed by atoms with Crippen LogP contribution in [-0.4, -0.2) is 24.2 Å². The molecule has 0 aliphatic carbocycles. The maximum absolute atomic E-state index is 13.1. The Balaban J connectivity index is 1.95. The first-order valence-electron chi connectivity index (χ1n) is 7.61. The summed E-state index contributed by atoms with van der Waals surface area (Å²) in [6, 6.07) is 9.28. The van der Waals surface area contributed by atoms with Gasteiger partial charge in [0, 0.05) is 18.8 Å². The molecule has 1 aliphatic heterocycles. The van der Waals surface area contributed by atoms with Crippen LogP contribution in [0.1, 0.15) is 11.1 Å². The molecule has 3 nitrogen and oxygen atoms in total. The molecule has 1 saturated heterocycles. The summed E-state index contributed by atoms with van der Waals surface area (Å²) in [5.74, 6) is -1.24. The number of aryl methyl sites for hydroxylation is 1. The van der Waals surface area contributed by atoms with Gasteiger partial charge >= 0.3 is 12.1 Å². The zero-order valence-corrected chi connectivity index (χ0v) is 14.0. The van der Waals surface area contributed by atoms with Gasteiger partial charge < -0.3 is 10.0 Å². The van der Waals surface area contributed by atoms with Gasteiger partial charge in [-0.05, 0) is 47.9 Å². The third kappa shape index (κ3) is 3.58. The number of carboxylic acid groups (broad SMARTS) is 1. The summed E-state index contributed by atoms with van der Waals surface area (Å²) < 4.78 is 39.2. The van der Waals surface area contributed by atoms with E-state index in [0.717, 1.165) is 17.3 Å². The zero-order valence-electron chi connectivity index (χ0n) is 13.3. The Bertz CT molecular complexity index is 830. The molecule has 2 aromatic carbocycles. The van der Waals surface area contributed by atoms with Crippen LogP contribution in [-0.2, 0) is 11.0 Å². The SMILES string of the molecule is Cc1cc(-c2ccc(Cl)c(C(F)(F)F)c2)cc(N2CC(C(=O)O)C2)c1. The fraction of sp³-hybridized carbons (Fsp3) is 0.278. The average molecular weight is 370 g/mol. The molecule has 0 amide bonds. The fourth-order valence-corrected chi connectivity index (χ4v) is 3.10. The summed E-state index contributed by atoms with van der Waals surface area (Å²) in [5.41, 5.74) is 1.86. The number of anilines is 1. The molecule has 0 atom stereocenters. The van der Waals surface area contributed by atoms with Crippen LogP contribution in [0, 0.1) is 12.8 Å². The highest BCUT2D eigenvalue weighted by Crippen LogP contribution is 2.38. The van der Waals surface area contributed by atoms with Crippen LogP contribution < -0.4 is 4.90 Å². The molecule has 0 bridgehead atoms. The van der Waals surface area contributed by atoms with E-state index in [1.807, 2.05) is 17.9 Å². The van der Waals surface area contributed by atoms with Crippen molar-refractivity contribution in [2.75, 3.05) is 18.0 Å². The minimum atomic E-state index is -4.52. The average Bonchev–Trinajstić information content (AvgIpc) is 2.43. The Morgan fingerprint density at radius 2 is 1.84 bits per heavy atom. The normalized spacial score (nSPS) is 15.2. The maximum atomic E-state index is 13.1. The highest BCUT2D eigenvalue weighted by molar-refractivity contribution is 6.31. The van der Waals surface area contributed by atoms with Crippen molar-refractivity contribution in [3.05, 3.63) is 52.5 Å². The van der Waals surface area contributed by atoms with Crippen LogP contribution >= 0.6 is 11.6 Å². The minimum Gasteiger partial charge on any atom is -0.481 e. The molecule has 25 heavy (non-hydrogen) atoms. The molecule has 0 aromatic heterocycles. The lowest BCUT2D eigenvalue weighted by atomic mass is 9.96. The molecular weight excluding hydrogens is 355 g/mol. The predicted molar refractivity (Wildman–Crippen MR) is 90.0 cm³/mol. The standard InChI is InChI=1S/C18H15ClF3NO2/c1-10-4-12(6-14(5-10)23-8-13(9-23)17(24)25)11-2-3-16(19)15(7-11)18(20,21)22/h2-7,13H,8-9H2,1H3,(H,24,25). The third-order valence-electron chi connectivity index (χ3n) is 4.26. The number of halogens is 4. The van der Waals surface area contributed by atoms with Crippen molar-refractivity contribution in [3.8, 4) is 11.1 Å². The van der Waals surface area contributed by atoms with Crippen molar-refractivity contribution in [1.29, 1.82) is 0 Å². The van der Waals surface area contributed by atoms with Gasteiger partial charge in [-0.1, -0.05) is 23.7 Å². The third-order valence-corrected chi connectivity index (χ3v) is 4.59. The molecular formula is C18H15ClF3NO2. The van der Waals surface area contributed by atoms with Crippen LogP contribution in [0.25, 0.3) is 11.1 Å². The first-order valence-corrected chi connectivity index (χ1v) is 7.99. The number of aliphatic carboxylic acids is 1. The van der Waals surface area contributed by atoms with Crippen molar-refractivity contribution in [1.82, 2.24) is 0 Å². The molecule has 7 heteroatoms. The van der Waals surface area contributed by atoms with E-state index in [9.17, 15) is 18.0 Å². The second-order valence-corrected chi connectivity index (χ2v) is 6.60. The lowest BCUT2D eigenvalue weighted by Crippen LogP contribution is -2.50. The van der Waals surface area contributed by atoms with Gasteiger partial charge in [0.15, 0.2) is 0 Å². The van der Waals surface area contributed by atoms with Gasteiger partial charge in [-0.25, -0.2) is 0 Å². The van der Waals surface area contributed by atoms with Gasteiger partial charge in [0.25, 0.3) is 0 Å². The predicted octanol–water partition coefficient (Wildman–Crippen LogP) is 4.86. The van der Waals surface area contributed by atoms with Gasteiger partial charge in [-0.2, -0.15) is 13.2 Å². The Hall–Kier alpha value is -2.21. The van der Waals surface area contributed by atoms with Crippen molar-refractivity contribution in [2.24, 2.45) is 5.92 Å². The smallest absolute Gasteiger partial charge is 0.417 e.